The summed E-state index contributed by atoms with van der Waals surface area (Å²) in [5.41, 5.74) is 16.3. The van der Waals surface area contributed by atoms with Gasteiger partial charge in [-0.05, 0) is 107 Å². The van der Waals surface area contributed by atoms with Crippen molar-refractivity contribution < 1.29 is 45.9 Å². The van der Waals surface area contributed by atoms with E-state index in [1.165, 1.54) is 39.3 Å². The molecular weight excluding hydrogens is 1310 g/mol. The molecule has 0 aliphatic carbocycles. The molecule has 77 heavy (non-hydrogen) atoms. The summed E-state index contributed by atoms with van der Waals surface area (Å²) in [4.78, 5) is 26.8. The first-order valence-corrected chi connectivity index (χ1v) is 25.4. The molecule has 0 fully saturated rings. The van der Waals surface area contributed by atoms with Crippen LogP contribution in [-0.4, -0.2) is 28.0 Å². The molecule has 0 saturated heterocycles. The van der Waals surface area contributed by atoms with Crippen LogP contribution in [0.3, 0.4) is 0 Å². The molecule has 12 rings (SSSR count). The van der Waals surface area contributed by atoms with Crippen LogP contribution in [0.4, 0.5) is 57.0 Å². The van der Waals surface area contributed by atoms with Crippen LogP contribution >= 0.6 is 0 Å². The summed E-state index contributed by atoms with van der Waals surface area (Å²) in [5.74, 6) is 2.08. The van der Waals surface area contributed by atoms with E-state index in [1.54, 1.807) is 24.5 Å². The van der Waals surface area contributed by atoms with E-state index < -0.39 is 0 Å². The first kappa shape index (κ1) is 54.5. The van der Waals surface area contributed by atoms with E-state index in [9.17, 15) is 0 Å². The molecule has 6 heterocycles. The Hall–Kier alpha value is -7.29. The zero-order chi connectivity index (χ0) is 51.5. The monoisotopic (exact) mass is 1370 g/mol. The fourth-order valence-corrected chi connectivity index (χ4v) is 9.88. The van der Waals surface area contributed by atoms with Crippen LogP contribution in [0, 0.1) is 71.1 Å². The largest absolute Gasteiger partial charge is 0.510 e. The molecule has 1 radical (unpaired) electrons. The molecule has 9 aromatic rings. The van der Waals surface area contributed by atoms with Crippen molar-refractivity contribution >= 4 is 57.0 Å². The third-order valence-corrected chi connectivity index (χ3v) is 13.4. The Kier molecular flexibility index (Phi) is 16.9. The number of pyridine rings is 3. The van der Waals surface area contributed by atoms with Crippen LogP contribution in [0.25, 0.3) is 11.4 Å². The molecule has 0 amide bonds. The summed E-state index contributed by atoms with van der Waals surface area (Å²) in [6, 6.07) is 68.0. The second-order valence-electron chi connectivity index (χ2n) is 19.9. The van der Waals surface area contributed by atoms with E-state index in [0.29, 0.717) is 22.9 Å². The van der Waals surface area contributed by atoms with Crippen molar-refractivity contribution in [1.29, 1.82) is 0 Å². The maximum atomic E-state index is 6.14. The van der Waals surface area contributed by atoms with Crippen molar-refractivity contribution in [2.24, 2.45) is 0 Å². The van der Waals surface area contributed by atoms with Gasteiger partial charge >= 0.3 is 0 Å². The number of aryl methyl sites for hydroxylation is 3. The van der Waals surface area contributed by atoms with E-state index in [4.69, 9.17) is 4.74 Å². The summed E-state index contributed by atoms with van der Waals surface area (Å²) in [5, 5.41) is 0. The minimum absolute atomic E-state index is 0. The average Bonchev–Trinajstić information content (AvgIpc) is 4.14. The normalized spacial score (nSPS) is 13.3. The summed E-state index contributed by atoms with van der Waals surface area (Å²) in [6.45, 7) is 21.6. The predicted molar refractivity (Wildman–Crippen MR) is 303 cm³/mol. The van der Waals surface area contributed by atoms with Crippen LogP contribution in [0.5, 0.6) is 11.5 Å². The quantitative estimate of drug-likeness (QED) is 0.0873. The number of anilines is 10. The van der Waals surface area contributed by atoms with Gasteiger partial charge in [-0.2, -0.15) is 85.6 Å². The average molecular weight is 1370 g/mol. The second-order valence-corrected chi connectivity index (χ2v) is 19.9. The van der Waals surface area contributed by atoms with E-state index in [1.807, 2.05) is 54.7 Å². The number of hydrogen-bond donors (Lipinski definition) is 0. The molecule has 12 heteroatoms. The van der Waals surface area contributed by atoms with Crippen molar-refractivity contribution in [3.8, 4) is 22.9 Å². The van der Waals surface area contributed by atoms with Gasteiger partial charge in [0.25, 0.3) is 0 Å². The number of ether oxygens (including phenoxy) is 1. The van der Waals surface area contributed by atoms with Gasteiger partial charge in [0.05, 0.1) is 0 Å². The number of rotatable bonds is 12. The zero-order valence-electron chi connectivity index (χ0n) is 43.8. The van der Waals surface area contributed by atoms with Crippen LogP contribution in [0.2, 0.25) is 0 Å². The van der Waals surface area contributed by atoms with Gasteiger partial charge < -0.3 is 44.1 Å². The van der Waals surface area contributed by atoms with Crippen LogP contribution in [-0.2, 0) is 46.6 Å². The molecule has 0 bridgehead atoms. The summed E-state index contributed by atoms with van der Waals surface area (Å²) < 4.78 is 6.14. The fraction of sp³-hybridized carbons (Fsp3) is 0.169. The maximum absolute atomic E-state index is 6.14. The van der Waals surface area contributed by atoms with Crippen LogP contribution in [0.1, 0.15) is 55.9 Å². The molecule has 3 aromatic heterocycles. The number of hydrogen-bond acceptors (Lipinski definition) is 10. The molecule has 0 unspecified atom stereocenters. The Morgan fingerprint density at radius 2 is 1.10 bits per heavy atom. The molecule has 0 N–H and O–H groups in total. The number of nitrogens with zero attached hydrogens (tertiary/aromatic N) is 9. The summed E-state index contributed by atoms with van der Waals surface area (Å²) in [6.07, 6.45) is 7.38. The van der Waals surface area contributed by atoms with Gasteiger partial charge in [0.15, 0.2) is 0 Å². The number of para-hydroxylation sites is 5. The Balaban J connectivity index is 0.000000183. The number of unbranched alkanes of at least 4 members (excludes halogenated alkanes) is 1. The first-order chi connectivity index (χ1) is 36.6. The topological polar surface area (TPSA) is 67.3 Å². The zero-order valence-corrected chi connectivity index (χ0v) is 48.5. The van der Waals surface area contributed by atoms with Gasteiger partial charge in [-0.1, -0.05) is 68.1 Å². The first-order valence-electron chi connectivity index (χ1n) is 25.4. The smallest absolute Gasteiger partial charge is 0.124 e. The van der Waals surface area contributed by atoms with E-state index >= 15 is 0 Å². The number of fused-ring (bicyclic) bond motifs is 3. The number of aromatic nitrogens is 3. The molecule has 3 aliphatic heterocycles. The molecule has 10 nitrogen and oxygen atoms in total. The third-order valence-electron chi connectivity index (χ3n) is 13.4. The second kappa shape index (κ2) is 23.9. The standard InChI is InChI=1S/C33H33N5.C32H24N4O.Ir.Pt/c1-33(2,3)26-17-19-28(20-18-26)37-24-35(29-14-7-8-15-30(29)37)22-9-10-23-36-25-38(27-12-5-4-6-13-27)32-31(36)16-11-21-34-32;1-22-17-23(2)32(24(3)18-22)36-21-35(30-12-4-5-13-31(30)36)25-9-8-10-26(19-25)37-27-14-16-34-29(20-27)28-11-6-7-15-33-28;;/h4-8,11-12,14-19,21,24-25H,9-10,22-23H2,1-3H3;4-10,12-18,21H,1-3H3;;/q2*-4;;. The van der Waals surface area contributed by atoms with Gasteiger partial charge in [-0.25, -0.2) is 11.1 Å². The Morgan fingerprint density at radius 1 is 0.506 bits per heavy atom. The van der Waals surface area contributed by atoms with E-state index in [0.717, 1.165) is 65.9 Å². The van der Waals surface area contributed by atoms with Gasteiger partial charge in [-0.15, -0.1) is 71.5 Å². The minimum atomic E-state index is 0. The van der Waals surface area contributed by atoms with Crippen molar-refractivity contribution in [3.63, 3.8) is 0 Å². The van der Waals surface area contributed by atoms with Gasteiger partial charge in [-0.3, -0.25) is 0 Å². The summed E-state index contributed by atoms with van der Waals surface area (Å²) >= 11 is 0. The van der Waals surface area contributed by atoms with Crippen LogP contribution in [0.15, 0.2) is 170 Å². The van der Waals surface area contributed by atoms with Gasteiger partial charge in [0.1, 0.15) is 5.82 Å². The molecular formula is C65H57IrN9OPt-8. The Morgan fingerprint density at radius 3 is 1.79 bits per heavy atom. The van der Waals surface area contributed by atoms with Crippen molar-refractivity contribution in [2.75, 3.05) is 42.5 Å². The van der Waals surface area contributed by atoms with Gasteiger partial charge in [0, 0.05) is 93.0 Å². The molecule has 0 spiro atoms. The van der Waals surface area contributed by atoms with Crippen molar-refractivity contribution in [2.45, 2.75) is 59.8 Å². The van der Waals surface area contributed by atoms with Crippen molar-refractivity contribution in [1.82, 2.24) is 15.0 Å². The molecule has 3 aliphatic rings. The van der Waals surface area contributed by atoms with E-state index in [-0.39, 0.29) is 46.6 Å². The molecule has 6 aromatic carbocycles. The predicted octanol–water partition coefficient (Wildman–Crippen LogP) is 15.3. The van der Waals surface area contributed by atoms with Gasteiger partial charge in [0.2, 0.25) is 0 Å². The minimum Gasteiger partial charge on any atom is -0.510 e. The number of benzene rings is 6. The Bertz CT molecular complexity index is 3410. The summed E-state index contributed by atoms with van der Waals surface area (Å²) in [7, 11) is 0. The maximum Gasteiger partial charge on any atom is 0.124 e. The van der Waals surface area contributed by atoms with Crippen LogP contribution < -0.4 is 34.1 Å². The Labute approximate surface area is 482 Å². The molecule has 0 atom stereocenters. The van der Waals surface area contributed by atoms with E-state index in [2.05, 4.69) is 227 Å². The SMILES string of the molecule is CC(C)(C)c1c[c-]c(N2[CH-]N(CCCCN3[CH-]N(c4[c-]cccc4)c4ncccc43)c3ccccc32)cc1.Cc1cc(C)c(N2[CH-]N(c3[c-]c(Oc4[c-]c(-c5[c-]cccn5)ncc4)ccc3)c3ccccc32)c(C)c1.[Ir].[Pt]. The van der Waals surface area contributed by atoms with Crippen molar-refractivity contribution in [3.05, 3.63) is 243 Å². The molecule has 395 valence electrons. The third kappa shape index (κ3) is 11.8. The fourth-order valence-electron chi connectivity index (χ4n) is 9.88. The molecule has 0 saturated carbocycles.